The van der Waals surface area contributed by atoms with Gasteiger partial charge in [0.2, 0.25) is 5.69 Å². The molecule has 1 aromatic rings. The molecule has 0 atom stereocenters. The highest BCUT2D eigenvalue weighted by Gasteiger charge is 2.32. The Morgan fingerprint density at radius 3 is 2.59 bits per heavy atom. The molecule has 0 bridgehead atoms. The van der Waals surface area contributed by atoms with E-state index in [1.54, 1.807) is 0 Å². The number of aromatic carboxylic acids is 1. The van der Waals surface area contributed by atoms with Crippen molar-refractivity contribution in [2.45, 2.75) is 6.43 Å². The molecule has 1 aromatic heterocycles. The first-order valence-electron chi connectivity index (χ1n) is 3.99. The van der Waals surface area contributed by atoms with Crippen molar-refractivity contribution in [1.29, 1.82) is 5.26 Å². The summed E-state index contributed by atoms with van der Waals surface area (Å²) in [6, 6.07) is 1.26. The van der Waals surface area contributed by atoms with Gasteiger partial charge in [-0.15, -0.1) is 0 Å². The largest absolute Gasteiger partial charge is 0.478 e. The monoisotopic (exact) mass is 243 g/mol. The molecule has 0 saturated heterocycles. The Morgan fingerprint density at radius 1 is 1.65 bits per heavy atom. The van der Waals surface area contributed by atoms with Crippen LogP contribution < -0.4 is 0 Å². The molecule has 0 spiro atoms. The van der Waals surface area contributed by atoms with Gasteiger partial charge in [-0.1, -0.05) is 0 Å². The highest BCUT2D eigenvalue weighted by atomic mass is 19.3. The maximum atomic E-state index is 12.6. The van der Waals surface area contributed by atoms with E-state index in [1.807, 2.05) is 0 Å². The molecule has 0 aliphatic heterocycles. The van der Waals surface area contributed by atoms with E-state index in [0.717, 1.165) is 0 Å². The van der Waals surface area contributed by atoms with Crippen LogP contribution in [0.5, 0.6) is 0 Å². The summed E-state index contributed by atoms with van der Waals surface area (Å²) in [5.41, 5.74) is -4.43. The molecule has 0 aromatic carbocycles. The fraction of sp³-hybridized carbons (Fsp3) is 0.125. The highest BCUT2D eigenvalue weighted by Crippen LogP contribution is 2.33. The molecule has 0 radical (unpaired) electrons. The van der Waals surface area contributed by atoms with E-state index in [4.69, 9.17) is 10.4 Å². The standard InChI is InChI=1S/C8H3F2N3O4/c9-7(10)5-3(8(14)15)2-12-4(1-11)6(5)13(16)17/h2,7H,(H,14,15). The number of pyridine rings is 1. The molecule has 0 unspecified atom stereocenters. The number of rotatable bonds is 3. The minimum absolute atomic E-state index is 0.495. The molecule has 1 heterocycles. The van der Waals surface area contributed by atoms with Crippen LogP contribution in [0.1, 0.15) is 28.0 Å². The molecule has 1 rings (SSSR count). The Hall–Kier alpha value is -2.63. The maximum absolute atomic E-state index is 12.6. The van der Waals surface area contributed by atoms with Crippen molar-refractivity contribution in [3.05, 3.63) is 33.1 Å². The van der Waals surface area contributed by atoms with Gasteiger partial charge in [0, 0.05) is 6.20 Å². The van der Waals surface area contributed by atoms with Gasteiger partial charge in [-0.3, -0.25) is 10.1 Å². The SMILES string of the molecule is N#Cc1ncc(C(=O)O)c(C(F)F)c1[N+](=O)[O-]. The summed E-state index contributed by atoms with van der Waals surface area (Å²) in [7, 11) is 0. The van der Waals surface area contributed by atoms with Crippen molar-refractivity contribution < 1.29 is 23.6 Å². The van der Waals surface area contributed by atoms with Crippen molar-refractivity contribution in [3.8, 4) is 6.07 Å². The molecular formula is C8H3F2N3O4. The van der Waals surface area contributed by atoms with Gasteiger partial charge in [-0.05, 0) is 0 Å². The lowest BCUT2D eigenvalue weighted by Crippen LogP contribution is -2.09. The van der Waals surface area contributed by atoms with Gasteiger partial charge in [-0.25, -0.2) is 18.6 Å². The number of alkyl halides is 2. The first-order valence-corrected chi connectivity index (χ1v) is 3.99. The number of nitro groups is 1. The van der Waals surface area contributed by atoms with Gasteiger partial charge in [0.15, 0.2) is 0 Å². The summed E-state index contributed by atoms with van der Waals surface area (Å²) in [6.07, 6.45) is -2.90. The van der Waals surface area contributed by atoms with Gasteiger partial charge >= 0.3 is 11.7 Å². The molecule has 0 fully saturated rings. The quantitative estimate of drug-likeness (QED) is 0.634. The second-order valence-electron chi connectivity index (χ2n) is 2.76. The molecule has 9 heteroatoms. The number of carboxylic acids is 1. The van der Waals surface area contributed by atoms with Crippen molar-refractivity contribution in [2.24, 2.45) is 0 Å². The highest BCUT2D eigenvalue weighted by molar-refractivity contribution is 5.90. The zero-order valence-electron chi connectivity index (χ0n) is 7.92. The number of carboxylic acid groups (broad SMARTS) is 1. The summed E-state index contributed by atoms with van der Waals surface area (Å²) in [4.78, 5) is 23.1. The Morgan fingerprint density at radius 2 is 2.24 bits per heavy atom. The zero-order valence-corrected chi connectivity index (χ0v) is 7.92. The first kappa shape index (κ1) is 12.4. The smallest absolute Gasteiger partial charge is 0.338 e. The predicted octanol–water partition coefficient (Wildman–Crippen LogP) is 1.50. The summed E-state index contributed by atoms with van der Waals surface area (Å²) in [5, 5.41) is 27.7. The van der Waals surface area contributed by atoms with Crippen molar-refractivity contribution in [1.82, 2.24) is 4.98 Å². The van der Waals surface area contributed by atoms with Crippen LogP contribution in [-0.2, 0) is 0 Å². The Kier molecular flexibility index (Phi) is 3.28. The molecule has 7 nitrogen and oxygen atoms in total. The van der Waals surface area contributed by atoms with Crippen molar-refractivity contribution in [2.75, 3.05) is 0 Å². The predicted molar refractivity (Wildman–Crippen MR) is 47.5 cm³/mol. The third-order valence-corrected chi connectivity index (χ3v) is 1.83. The number of halogens is 2. The molecular weight excluding hydrogens is 240 g/mol. The minimum Gasteiger partial charge on any atom is -0.478 e. The number of carbonyl (C=O) groups is 1. The van der Waals surface area contributed by atoms with E-state index in [9.17, 15) is 23.7 Å². The van der Waals surface area contributed by atoms with Crippen LogP contribution in [-0.4, -0.2) is 21.0 Å². The van der Waals surface area contributed by atoms with Crippen LogP contribution in [0, 0.1) is 21.4 Å². The van der Waals surface area contributed by atoms with Gasteiger partial charge < -0.3 is 5.11 Å². The average molecular weight is 243 g/mol. The molecule has 17 heavy (non-hydrogen) atoms. The molecule has 1 N–H and O–H groups in total. The molecule has 0 saturated carbocycles. The fourth-order valence-corrected chi connectivity index (χ4v) is 1.17. The Labute approximate surface area is 92.1 Å². The van der Waals surface area contributed by atoms with E-state index in [-0.39, 0.29) is 0 Å². The van der Waals surface area contributed by atoms with E-state index in [2.05, 4.69) is 4.98 Å². The number of hydrogen-bond donors (Lipinski definition) is 1. The summed E-state index contributed by atoms with van der Waals surface area (Å²) in [6.45, 7) is 0. The number of nitrogens with zero attached hydrogens (tertiary/aromatic N) is 3. The van der Waals surface area contributed by atoms with Crippen LogP contribution in [0.4, 0.5) is 14.5 Å². The van der Waals surface area contributed by atoms with Gasteiger partial charge in [-0.2, -0.15) is 5.26 Å². The summed E-state index contributed by atoms with van der Waals surface area (Å²) >= 11 is 0. The van der Waals surface area contributed by atoms with Crippen LogP contribution in [0.15, 0.2) is 6.20 Å². The number of nitriles is 1. The second-order valence-corrected chi connectivity index (χ2v) is 2.76. The molecule has 0 amide bonds. The van der Waals surface area contributed by atoms with Gasteiger partial charge in [0.05, 0.1) is 10.5 Å². The van der Waals surface area contributed by atoms with E-state index < -0.39 is 39.8 Å². The molecule has 0 aliphatic rings. The molecule has 88 valence electrons. The second kappa shape index (κ2) is 4.48. The van der Waals surface area contributed by atoms with Crippen LogP contribution in [0.25, 0.3) is 0 Å². The van der Waals surface area contributed by atoms with Crippen LogP contribution >= 0.6 is 0 Å². The van der Waals surface area contributed by atoms with E-state index in [0.29, 0.717) is 6.20 Å². The summed E-state index contributed by atoms with van der Waals surface area (Å²) in [5.74, 6) is -1.78. The van der Waals surface area contributed by atoms with Crippen LogP contribution in [0.2, 0.25) is 0 Å². The van der Waals surface area contributed by atoms with Gasteiger partial charge in [0.1, 0.15) is 11.6 Å². The lowest BCUT2D eigenvalue weighted by Gasteiger charge is -2.05. The van der Waals surface area contributed by atoms with E-state index >= 15 is 0 Å². The lowest BCUT2D eigenvalue weighted by atomic mass is 10.1. The first-order chi connectivity index (χ1) is 7.90. The number of hydrogen-bond acceptors (Lipinski definition) is 5. The minimum atomic E-state index is -3.39. The Bertz CT molecular complexity index is 538. The van der Waals surface area contributed by atoms with Crippen molar-refractivity contribution in [3.63, 3.8) is 0 Å². The normalized spacial score (nSPS) is 10.0. The zero-order chi connectivity index (χ0) is 13.2. The number of aromatic nitrogens is 1. The lowest BCUT2D eigenvalue weighted by molar-refractivity contribution is -0.386. The maximum Gasteiger partial charge on any atom is 0.338 e. The molecule has 0 aliphatic carbocycles. The summed E-state index contributed by atoms with van der Waals surface area (Å²) < 4.78 is 25.2. The third kappa shape index (κ3) is 2.15. The van der Waals surface area contributed by atoms with Crippen LogP contribution in [0.3, 0.4) is 0 Å². The van der Waals surface area contributed by atoms with Crippen molar-refractivity contribution >= 4 is 11.7 Å². The average Bonchev–Trinajstić information content (AvgIpc) is 2.26. The van der Waals surface area contributed by atoms with Gasteiger partial charge in [0.25, 0.3) is 6.43 Å². The fourth-order valence-electron chi connectivity index (χ4n) is 1.17. The topological polar surface area (TPSA) is 117 Å². The Balaban J connectivity index is 3.73. The third-order valence-electron chi connectivity index (χ3n) is 1.83. The van der Waals surface area contributed by atoms with E-state index in [1.165, 1.54) is 6.07 Å².